The van der Waals surface area contributed by atoms with Crippen LogP contribution in [0.3, 0.4) is 0 Å². The summed E-state index contributed by atoms with van der Waals surface area (Å²) in [6, 6.07) is 9.20. The van der Waals surface area contributed by atoms with Crippen LogP contribution in [0.5, 0.6) is 5.75 Å². The number of nitrogens with zero attached hydrogens (tertiary/aromatic N) is 1. The molecule has 0 radical (unpaired) electrons. The second-order valence-corrected chi connectivity index (χ2v) is 4.79. The summed E-state index contributed by atoms with van der Waals surface area (Å²) >= 11 is 3.34. The van der Waals surface area contributed by atoms with Gasteiger partial charge in [-0.25, -0.2) is 0 Å². The molecule has 0 saturated carbocycles. The summed E-state index contributed by atoms with van der Waals surface area (Å²) in [5.41, 5.74) is 1.62. The Balaban J connectivity index is 2.03. The Labute approximate surface area is 119 Å². The summed E-state index contributed by atoms with van der Waals surface area (Å²) in [7, 11) is 1.60. The summed E-state index contributed by atoms with van der Waals surface area (Å²) < 4.78 is 5.88. The number of halogens is 1. The van der Waals surface area contributed by atoms with Gasteiger partial charge in [0.1, 0.15) is 5.75 Å². The van der Waals surface area contributed by atoms with Gasteiger partial charge >= 0.3 is 0 Å². The standard InChI is InChI=1S/C14H13BrN2O2/c1-19-11-4-2-3-10(7-11)8-14(18)17-13-5-6-16-9-12(13)15/h2-7,9H,8H2,1H3,(H,16,17,18). The number of carbonyl (C=O) groups excluding carboxylic acids is 1. The molecule has 0 bridgehead atoms. The van der Waals surface area contributed by atoms with E-state index in [2.05, 4.69) is 26.2 Å². The van der Waals surface area contributed by atoms with Crippen molar-refractivity contribution in [3.63, 3.8) is 0 Å². The Morgan fingerprint density at radius 2 is 2.26 bits per heavy atom. The lowest BCUT2D eigenvalue weighted by molar-refractivity contribution is -0.115. The number of amides is 1. The highest BCUT2D eigenvalue weighted by molar-refractivity contribution is 9.10. The van der Waals surface area contributed by atoms with Gasteiger partial charge in [0.15, 0.2) is 0 Å². The molecule has 1 aromatic heterocycles. The fraction of sp³-hybridized carbons (Fsp3) is 0.143. The minimum absolute atomic E-state index is 0.0832. The van der Waals surface area contributed by atoms with E-state index in [4.69, 9.17) is 4.74 Å². The third kappa shape index (κ3) is 3.79. The molecule has 0 aliphatic carbocycles. The number of benzene rings is 1. The van der Waals surface area contributed by atoms with Crippen molar-refractivity contribution in [2.24, 2.45) is 0 Å². The molecule has 1 heterocycles. The molecule has 0 spiro atoms. The topological polar surface area (TPSA) is 51.2 Å². The van der Waals surface area contributed by atoms with Crippen LogP contribution < -0.4 is 10.1 Å². The lowest BCUT2D eigenvalue weighted by Crippen LogP contribution is -2.14. The number of anilines is 1. The predicted octanol–water partition coefficient (Wildman–Crippen LogP) is 3.03. The third-order valence-electron chi connectivity index (χ3n) is 2.55. The average Bonchev–Trinajstić information content (AvgIpc) is 2.41. The highest BCUT2D eigenvalue weighted by atomic mass is 79.9. The molecule has 0 fully saturated rings. The molecular weight excluding hydrogens is 308 g/mol. The van der Waals surface area contributed by atoms with Crippen LogP contribution in [0.1, 0.15) is 5.56 Å². The predicted molar refractivity (Wildman–Crippen MR) is 77.3 cm³/mol. The van der Waals surface area contributed by atoms with E-state index in [1.165, 1.54) is 0 Å². The first-order valence-corrected chi connectivity index (χ1v) is 6.50. The quantitative estimate of drug-likeness (QED) is 0.942. The Bertz CT molecular complexity index is 587. The number of hydrogen-bond acceptors (Lipinski definition) is 3. The maximum absolute atomic E-state index is 11.9. The van der Waals surface area contributed by atoms with E-state index in [9.17, 15) is 4.79 Å². The van der Waals surface area contributed by atoms with Crippen LogP contribution >= 0.6 is 15.9 Å². The number of hydrogen-bond donors (Lipinski definition) is 1. The molecule has 0 aliphatic heterocycles. The van der Waals surface area contributed by atoms with Gasteiger partial charge in [0.05, 0.1) is 23.7 Å². The number of pyridine rings is 1. The first-order valence-electron chi connectivity index (χ1n) is 5.71. The molecule has 1 N–H and O–H groups in total. The fourth-order valence-corrected chi connectivity index (χ4v) is 1.99. The number of methoxy groups -OCH3 is 1. The van der Waals surface area contributed by atoms with Crippen LogP contribution in [0, 0.1) is 0 Å². The molecule has 0 saturated heterocycles. The lowest BCUT2D eigenvalue weighted by atomic mass is 10.1. The molecule has 1 amide bonds. The molecule has 2 aromatic rings. The zero-order valence-corrected chi connectivity index (χ0v) is 12.0. The lowest BCUT2D eigenvalue weighted by Gasteiger charge is -2.07. The van der Waals surface area contributed by atoms with Gasteiger partial charge in [-0.2, -0.15) is 0 Å². The number of aromatic nitrogens is 1. The van der Waals surface area contributed by atoms with Crippen molar-refractivity contribution in [1.82, 2.24) is 4.98 Å². The van der Waals surface area contributed by atoms with Crippen molar-refractivity contribution < 1.29 is 9.53 Å². The van der Waals surface area contributed by atoms with Gasteiger partial charge in [-0.1, -0.05) is 12.1 Å². The number of nitrogens with one attached hydrogen (secondary N) is 1. The van der Waals surface area contributed by atoms with Gasteiger partial charge in [-0.15, -0.1) is 0 Å². The second kappa shape index (κ2) is 6.33. The van der Waals surface area contributed by atoms with Crippen LogP contribution in [-0.2, 0) is 11.2 Å². The molecule has 1 aromatic carbocycles. The summed E-state index contributed by atoms with van der Waals surface area (Å²) in [5.74, 6) is 0.663. The largest absolute Gasteiger partial charge is 0.497 e. The van der Waals surface area contributed by atoms with Crippen molar-refractivity contribution in [1.29, 1.82) is 0 Å². The highest BCUT2D eigenvalue weighted by Gasteiger charge is 2.07. The van der Waals surface area contributed by atoms with E-state index in [1.54, 1.807) is 25.6 Å². The molecule has 2 rings (SSSR count). The maximum atomic E-state index is 11.9. The van der Waals surface area contributed by atoms with E-state index >= 15 is 0 Å². The summed E-state index contributed by atoms with van der Waals surface area (Å²) in [5, 5.41) is 2.83. The van der Waals surface area contributed by atoms with Gasteiger partial charge in [0, 0.05) is 12.4 Å². The van der Waals surface area contributed by atoms with Crippen LogP contribution in [0.15, 0.2) is 47.2 Å². The summed E-state index contributed by atoms with van der Waals surface area (Å²) in [6.07, 6.45) is 3.57. The van der Waals surface area contributed by atoms with Crippen molar-refractivity contribution in [3.05, 3.63) is 52.8 Å². The van der Waals surface area contributed by atoms with Crippen molar-refractivity contribution in [2.75, 3.05) is 12.4 Å². The molecule has 0 unspecified atom stereocenters. The molecule has 0 aliphatic rings. The fourth-order valence-electron chi connectivity index (χ4n) is 1.64. The van der Waals surface area contributed by atoms with Crippen molar-refractivity contribution >= 4 is 27.5 Å². The number of carbonyl (C=O) groups is 1. The van der Waals surface area contributed by atoms with Crippen LogP contribution in [0.2, 0.25) is 0 Å². The minimum atomic E-state index is -0.0832. The molecule has 5 heteroatoms. The van der Waals surface area contributed by atoms with E-state index in [-0.39, 0.29) is 5.91 Å². The highest BCUT2D eigenvalue weighted by Crippen LogP contribution is 2.20. The molecule has 4 nitrogen and oxygen atoms in total. The second-order valence-electron chi connectivity index (χ2n) is 3.93. The monoisotopic (exact) mass is 320 g/mol. The minimum Gasteiger partial charge on any atom is -0.497 e. The molecular formula is C14H13BrN2O2. The molecule has 98 valence electrons. The average molecular weight is 321 g/mol. The van der Waals surface area contributed by atoms with E-state index in [0.29, 0.717) is 12.1 Å². The van der Waals surface area contributed by atoms with Crippen LogP contribution in [-0.4, -0.2) is 18.0 Å². The van der Waals surface area contributed by atoms with Crippen LogP contribution in [0.25, 0.3) is 0 Å². The zero-order valence-electron chi connectivity index (χ0n) is 10.4. The first-order chi connectivity index (χ1) is 9.19. The Hall–Kier alpha value is -1.88. The zero-order chi connectivity index (χ0) is 13.7. The Morgan fingerprint density at radius 1 is 1.42 bits per heavy atom. The SMILES string of the molecule is COc1cccc(CC(=O)Nc2ccncc2Br)c1. The van der Waals surface area contributed by atoms with Crippen LogP contribution in [0.4, 0.5) is 5.69 Å². The Kier molecular flexibility index (Phi) is 4.52. The normalized spacial score (nSPS) is 10.0. The van der Waals surface area contributed by atoms with Crippen molar-refractivity contribution in [3.8, 4) is 5.75 Å². The maximum Gasteiger partial charge on any atom is 0.228 e. The third-order valence-corrected chi connectivity index (χ3v) is 3.18. The number of ether oxygens (including phenoxy) is 1. The van der Waals surface area contributed by atoms with Gasteiger partial charge < -0.3 is 10.1 Å². The summed E-state index contributed by atoms with van der Waals surface area (Å²) in [6.45, 7) is 0. The van der Waals surface area contributed by atoms with E-state index < -0.39 is 0 Å². The van der Waals surface area contributed by atoms with Crippen molar-refractivity contribution in [2.45, 2.75) is 6.42 Å². The molecule has 0 atom stereocenters. The van der Waals surface area contributed by atoms with Gasteiger partial charge in [-0.3, -0.25) is 9.78 Å². The molecule has 19 heavy (non-hydrogen) atoms. The van der Waals surface area contributed by atoms with Gasteiger partial charge in [0.2, 0.25) is 5.91 Å². The number of rotatable bonds is 4. The Morgan fingerprint density at radius 3 is 3.00 bits per heavy atom. The first kappa shape index (κ1) is 13.5. The van der Waals surface area contributed by atoms with E-state index in [0.717, 1.165) is 15.8 Å². The van der Waals surface area contributed by atoms with Gasteiger partial charge in [-0.05, 0) is 39.7 Å². The van der Waals surface area contributed by atoms with Gasteiger partial charge in [0.25, 0.3) is 0 Å². The smallest absolute Gasteiger partial charge is 0.228 e. The summed E-state index contributed by atoms with van der Waals surface area (Å²) in [4.78, 5) is 15.9. The van der Waals surface area contributed by atoms with E-state index in [1.807, 2.05) is 24.3 Å².